The van der Waals surface area contributed by atoms with E-state index >= 15 is 0 Å². The van der Waals surface area contributed by atoms with Crippen molar-refractivity contribution < 1.29 is 4.57 Å². The summed E-state index contributed by atoms with van der Waals surface area (Å²) in [5.74, 6) is 0. The highest BCUT2D eigenvalue weighted by molar-refractivity contribution is 7.63. The highest BCUT2D eigenvalue weighted by Crippen LogP contribution is 2.48. The van der Waals surface area contributed by atoms with Crippen LogP contribution in [0.15, 0.2) is 0 Å². The Morgan fingerprint density at radius 1 is 0.350 bits per heavy atom. The predicted molar refractivity (Wildman–Crippen MR) is 186 cm³/mol. The smallest absolute Gasteiger partial charge is 0.101 e. The average Bonchev–Trinajstić information content (AvgIpc) is 2.95. The lowest BCUT2D eigenvalue weighted by Crippen LogP contribution is -2.28. The van der Waals surface area contributed by atoms with Crippen LogP contribution in [0.4, 0.5) is 0 Å². The van der Waals surface area contributed by atoms with E-state index in [1.807, 2.05) is 0 Å². The maximum atomic E-state index is 14.5. The molecular weight excluding hydrogens is 505 g/mol. The summed E-state index contributed by atoms with van der Waals surface area (Å²) in [5.41, 5.74) is 0. The van der Waals surface area contributed by atoms with Gasteiger partial charge >= 0.3 is 0 Å². The SMILES string of the molecule is CCCCCCCCCCP(=O)(CCCCCCCCCC)CN(CCCCCCCC)CCCCCCCC. The zero-order chi connectivity index (χ0) is 29.4. The van der Waals surface area contributed by atoms with Gasteiger partial charge in [-0.15, -0.1) is 0 Å². The van der Waals surface area contributed by atoms with Gasteiger partial charge < -0.3 is 4.57 Å². The maximum Gasteiger partial charge on any atom is 0.101 e. The minimum absolute atomic E-state index is 0.921. The molecule has 0 bridgehead atoms. The van der Waals surface area contributed by atoms with Crippen LogP contribution in [-0.4, -0.2) is 36.6 Å². The summed E-state index contributed by atoms with van der Waals surface area (Å²) in [6.07, 6.45) is 40.7. The molecule has 0 heterocycles. The van der Waals surface area contributed by atoms with Crippen LogP contribution in [0.2, 0.25) is 0 Å². The molecule has 0 fully saturated rings. The fourth-order valence-corrected chi connectivity index (χ4v) is 9.29. The van der Waals surface area contributed by atoms with Gasteiger partial charge in [0.1, 0.15) is 7.14 Å². The lowest BCUT2D eigenvalue weighted by molar-refractivity contribution is 0.295. The van der Waals surface area contributed by atoms with Gasteiger partial charge in [0.2, 0.25) is 0 Å². The number of hydrogen-bond acceptors (Lipinski definition) is 2. The molecule has 2 nitrogen and oxygen atoms in total. The van der Waals surface area contributed by atoms with Gasteiger partial charge in [0.05, 0.1) is 6.29 Å². The van der Waals surface area contributed by atoms with E-state index in [4.69, 9.17) is 0 Å². The van der Waals surface area contributed by atoms with Gasteiger partial charge in [-0.05, 0) is 38.8 Å². The summed E-state index contributed by atoms with van der Waals surface area (Å²) in [7, 11) is -2.11. The molecule has 0 N–H and O–H groups in total. The van der Waals surface area contributed by atoms with Gasteiger partial charge in [-0.25, -0.2) is 0 Å². The highest BCUT2D eigenvalue weighted by atomic mass is 31.2. The van der Waals surface area contributed by atoms with E-state index in [9.17, 15) is 4.57 Å². The van der Waals surface area contributed by atoms with Crippen molar-refractivity contribution in [2.75, 3.05) is 31.7 Å². The molecule has 0 saturated heterocycles. The average molecular weight is 584 g/mol. The van der Waals surface area contributed by atoms with Gasteiger partial charge in [0, 0.05) is 12.3 Å². The van der Waals surface area contributed by atoms with Crippen molar-refractivity contribution in [1.82, 2.24) is 4.90 Å². The molecule has 0 aromatic rings. The zero-order valence-electron chi connectivity index (χ0n) is 28.6. The summed E-state index contributed by atoms with van der Waals surface area (Å²) >= 11 is 0. The Kier molecular flexibility index (Phi) is 32.3. The Labute approximate surface area is 255 Å². The molecule has 0 aliphatic rings. The number of hydrogen-bond donors (Lipinski definition) is 0. The molecule has 0 amide bonds. The molecule has 0 rings (SSSR count). The maximum absolute atomic E-state index is 14.5. The number of rotatable bonds is 34. The van der Waals surface area contributed by atoms with Gasteiger partial charge in [0.15, 0.2) is 0 Å². The predicted octanol–water partition coefficient (Wildman–Crippen LogP) is 13.6. The minimum atomic E-state index is -2.11. The van der Waals surface area contributed by atoms with Crippen LogP contribution in [0, 0.1) is 0 Å². The molecule has 0 saturated carbocycles. The van der Waals surface area contributed by atoms with Crippen molar-refractivity contribution in [3.05, 3.63) is 0 Å². The summed E-state index contributed by atoms with van der Waals surface area (Å²) in [4.78, 5) is 2.68. The third kappa shape index (κ3) is 28.3. The van der Waals surface area contributed by atoms with Crippen molar-refractivity contribution in [2.24, 2.45) is 0 Å². The van der Waals surface area contributed by atoms with Crippen molar-refractivity contribution in [3.63, 3.8) is 0 Å². The van der Waals surface area contributed by atoms with Gasteiger partial charge in [-0.1, -0.05) is 182 Å². The molecule has 0 atom stereocenters. The summed E-state index contributed by atoms with van der Waals surface area (Å²) in [6, 6.07) is 0. The first kappa shape index (κ1) is 40.2. The van der Waals surface area contributed by atoms with E-state index in [0.29, 0.717) is 0 Å². The molecule has 0 radical (unpaired) electrons. The van der Waals surface area contributed by atoms with Crippen molar-refractivity contribution in [3.8, 4) is 0 Å². The zero-order valence-corrected chi connectivity index (χ0v) is 29.5. The molecule has 0 spiro atoms. The summed E-state index contributed by atoms with van der Waals surface area (Å²) < 4.78 is 14.5. The van der Waals surface area contributed by atoms with Crippen LogP contribution in [-0.2, 0) is 4.57 Å². The normalized spacial score (nSPS) is 12.1. The number of nitrogens with zero attached hydrogens (tertiary/aromatic N) is 1. The molecule has 0 aliphatic carbocycles. The van der Waals surface area contributed by atoms with Crippen LogP contribution < -0.4 is 0 Å². The Hall–Kier alpha value is 0.190. The summed E-state index contributed by atoms with van der Waals surface area (Å²) in [5, 5.41) is 0. The fourth-order valence-electron chi connectivity index (χ4n) is 6.17. The molecule has 3 heteroatoms. The largest absolute Gasteiger partial charge is 0.322 e. The first-order valence-corrected chi connectivity index (χ1v) is 21.2. The Morgan fingerprint density at radius 3 is 0.900 bits per heavy atom. The Morgan fingerprint density at radius 2 is 0.600 bits per heavy atom. The quantitative estimate of drug-likeness (QED) is 0.0554. The second kappa shape index (κ2) is 32.1. The molecule has 242 valence electrons. The molecule has 0 unspecified atom stereocenters. The molecule has 0 aliphatic heterocycles. The van der Waals surface area contributed by atoms with Crippen LogP contribution in [0.5, 0.6) is 0 Å². The van der Waals surface area contributed by atoms with Crippen LogP contribution >= 0.6 is 7.14 Å². The van der Waals surface area contributed by atoms with Crippen molar-refractivity contribution in [1.29, 1.82) is 0 Å². The fraction of sp³-hybridized carbons (Fsp3) is 1.00. The molecule has 0 aromatic carbocycles. The van der Waals surface area contributed by atoms with Crippen molar-refractivity contribution in [2.45, 2.75) is 207 Å². The first-order valence-electron chi connectivity index (χ1n) is 18.9. The van der Waals surface area contributed by atoms with Gasteiger partial charge in [-0.3, -0.25) is 4.90 Å². The van der Waals surface area contributed by atoms with E-state index in [-0.39, 0.29) is 0 Å². The molecule has 0 aromatic heterocycles. The topological polar surface area (TPSA) is 20.3 Å². The summed E-state index contributed by atoms with van der Waals surface area (Å²) in [6.45, 7) is 11.6. The lowest BCUT2D eigenvalue weighted by atomic mass is 10.1. The highest BCUT2D eigenvalue weighted by Gasteiger charge is 2.24. The van der Waals surface area contributed by atoms with Crippen LogP contribution in [0.1, 0.15) is 207 Å². The van der Waals surface area contributed by atoms with E-state index in [0.717, 1.165) is 18.6 Å². The lowest BCUT2D eigenvalue weighted by Gasteiger charge is -2.28. The van der Waals surface area contributed by atoms with Gasteiger partial charge in [-0.2, -0.15) is 0 Å². The minimum Gasteiger partial charge on any atom is -0.322 e. The van der Waals surface area contributed by atoms with Gasteiger partial charge in [0.25, 0.3) is 0 Å². The molecular formula is C37H78NOP. The van der Waals surface area contributed by atoms with E-state index in [2.05, 4.69) is 32.6 Å². The standard InChI is InChI=1S/C37H78NOP/c1-5-9-13-17-21-23-27-31-35-40(39,36-32-28-24-22-18-14-10-6-2)37-38(33-29-25-19-15-11-7-3)34-30-26-20-16-12-8-4/h5-37H2,1-4H3. The monoisotopic (exact) mass is 584 g/mol. The van der Waals surface area contributed by atoms with E-state index < -0.39 is 7.14 Å². The van der Waals surface area contributed by atoms with E-state index in [1.54, 1.807) is 0 Å². The third-order valence-electron chi connectivity index (χ3n) is 8.95. The Balaban J connectivity index is 4.83. The second-order valence-electron chi connectivity index (χ2n) is 13.3. The van der Waals surface area contributed by atoms with Crippen LogP contribution in [0.25, 0.3) is 0 Å². The first-order chi connectivity index (χ1) is 19.6. The van der Waals surface area contributed by atoms with Crippen LogP contribution in [0.3, 0.4) is 0 Å². The third-order valence-corrected chi connectivity index (χ3v) is 12.1. The molecule has 40 heavy (non-hydrogen) atoms. The Bertz CT molecular complexity index is 482. The van der Waals surface area contributed by atoms with Crippen molar-refractivity contribution >= 4 is 7.14 Å². The number of unbranched alkanes of at least 4 members (excludes halogenated alkanes) is 24. The second-order valence-corrected chi connectivity index (χ2v) is 16.5. The van der Waals surface area contributed by atoms with E-state index in [1.165, 1.54) is 193 Å².